The number of allylic oxidation sites excluding steroid dienone is 2. The van der Waals surface area contributed by atoms with Gasteiger partial charge in [-0.15, -0.1) is 0 Å². The van der Waals surface area contributed by atoms with Crippen LogP contribution in [0.5, 0.6) is 0 Å². The molecule has 0 amide bonds. The van der Waals surface area contributed by atoms with E-state index in [1.165, 1.54) is 33.0 Å². The van der Waals surface area contributed by atoms with E-state index in [0.717, 1.165) is 56.3 Å². The SMILES string of the molecule is C=NC(=NC(=NCc1ccccc1)c1ccccc1)c1cc(-c2ccc3c(/C=C\C)c(C)c(C)c(/C=C\CC)c3c2)cc(-c2cccc3cccnc23)c1.CC.CC.CC. The van der Waals surface area contributed by atoms with Crippen molar-refractivity contribution in [2.24, 2.45) is 15.0 Å². The van der Waals surface area contributed by atoms with Gasteiger partial charge in [-0.1, -0.05) is 170 Å². The number of benzene rings is 6. The fraction of sp³-hybridized carbons (Fsp3) is 0.214. The molecule has 0 atom stereocenters. The van der Waals surface area contributed by atoms with Crippen molar-refractivity contribution in [1.82, 2.24) is 4.98 Å². The molecule has 0 fully saturated rings. The van der Waals surface area contributed by atoms with Crippen molar-refractivity contribution >= 4 is 52.2 Å². The molecular formula is C56H62N4. The van der Waals surface area contributed by atoms with Crippen molar-refractivity contribution < 1.29 is 0 Å². The summed E-state index contributed by atoms with van der Waals surface area (Å²) >= 11 is 0. The first-order chi connectivity index (χ1) is 29.5. The second-order valence-electron chi connectivity index (χ2n) is 13.4. The maximum Gasteiger partial charge on any atom is 0.161 e. The van der Waals surface area contributed by atoms with Crippen molar-refractivity contribution in [1.29, 1.82) is 0 Å². The molecule has 1 aromatic heterocycles. The van der Waals surface area contributed by atoms with Crippen LogP contribution >= 0.6 is 0 Å². The molecule has 0 aliphatic rings. The Hall–Kier alpha value is -6.52. The van der Waals surface area contributed by atoms with Crippen LogP contribution < -0.4 is 0 Å². The molecule has 6 aromatic carbocycles. The summed E-state index contributed by atoms with van der Waals surface area (Å²) in [6.07, 6.45) is 11.7. The third-order valence-electron chi connectivity index (χ3n) is 9.94. The summed E-state index contributed by atoms with van der Waals surface area (Å²) in [6, 6.07) is 44.1. The minimum absolute atomic E-state index is 0.492. The van der Waals surface area contributed by atoms with Crippen LogP contribution in [-0.4, -0.2) is 23.4 Å². The Morgan fingerprint density at radius 2 is 1.27 bits per heavy atom. The van der Waals surface area contributed by atoms with Crippen LogP contribution in [0.25, 0.3) is 56.1 Å². The van der Waals surface area contributed by atoms with Gasteiger partial charge in [-0.2, -0.15) is 0 Å². The van der Waals surface area contributed by atoms with Gasteiger partial charge in [0.25, 0.3) is 0 Å². The lowest BCUT2D eigenvalue weighted by atomic mass is 9.87. The second kappa shape index (κ2) is 23.8. The first-order valence-electron chi connectivity index (χ1n) is 21.5. The highest BCUT2D eigenvalue weighted by molar-refractivity contribution is 6.14. The van der Waals surface area contributed by atoms with E-state index < -0.39 is 0 Å². The molecule has 0 saturated heterocycles. The van der Waals surface area contributed by atoms with Crippen LogP contribution in [0.3, 0.4) is 0 Å². The monoisotopic (exact) mass is 790 g/mol. The number of amidine groups is 2. The van der Waals surface area contributed by atoms with Crippen molar-refractivity contribution in [2.75, 3.05) is 0 Å². The molecule has 4 nitrogen and oxygen atoms in total. The number of hydrogen-bond acceptors (Lipinski definition) is 2. The van der Waals surface area contributed by atoms with E-state index in [1.807, 2.05) is 102 Å². The third-order valence-corrected chi connectivity index (χ3v) is 9.94. The lowest BCUT2D eigenvalue weighted by molar-refractivity contribution is 1.06. The summed E-state index contributed by atoms with van der Waals surface area (Å²) in [7, 11) is 0. The molecular weight excluding hydrogens is 729 g/mol. The second-order valence-corrected chi connectivity index (χ2v) is 13.4. The molecule has 0 bridgehead atoms. The van der Waals surface area contributed by atoms with Crippen molar-refractivity contribution in [3.63, 3.8) is 0 Å². The molecule has 60 heavy (non-hydrogen) atoms. The van der Waals surface area contributed by atoms with E-state index in [4.69, 9.17) is 15.0 Å². The normalized spacial score (nSPS) is 11.4. The molecule has 0 aliphatic heterocycles. The standard InChI is InChI=1S/C50H44N4.3C2H6/c1-6-8-24-44-35(4)34(3)43(17-7-2)46-27-26-39(32-47(44)46)40-29-41(45-25-15-22-37-23-16-28-52-48(37)45)31-42(30-40)49(51-5)54-50(38-20-13-10-14-21-38)53-33-36-18-11-9-12-19-36;3*1-2/h7-32H,5-6,33H2,1-4H3;3*1-2H3/b17-7-,24-8-,53-50?,54-49?;;;. The number of pyridine rings is 1. The number of aliphatic imine (C=N–C) groups is 3. The van der Waals surface area contributed by atoms with E-state index >= 15 is 0 Å². The Kier molecular flexibility index (Phi) is 18.3. The number of rotatable bonds is 9. The number of para-hydroxylation sites is 1. The van der Waals surface area contributed by atoms with E-state index in [1.54, 1.807) is 0 Å². The Morgan fingerprint density at radius 1 is 0.617 bits per heavy atom. The van der Waals surface area contributed by atoms with E-state index in [0.29, 0.717) is 18.2 Å². The average molecular weight is 791 g/mol. The summed E-state index contributed by atoms with van der Waals surface area (Å²) < 4.78 is 0. The molecule has 4 heteroatoms. The predicted octanol–water partition coefficient (Wildman–Crippen LogP) is 16.0. The highest BCUT2D eigenvalue weighted by Gasteiger charge is 2.16. The minimum Gasteiger partial charge on any atom is -0.261 e. The minimum atomic E-state index is 0.492. The van der Waals surface area contributed by atoms with Crippen LogP contribution in [0.2, 0.25) is 0 Å². The summed E-state index contributed by atoms with van der Waals surface area (Å²) in [6.45, 7) is 25.2. The topological polar surface area (TPSA) is 50.0 Å². The summed E-state index contributed by atoms with van der Waals surface area (Å²) in [4.78, 5) is 19.5. The zero-order valence-electron chi connectivity index (χ0n) is 37.4. The van der Waals surface area contributed by atoms with Gasteiger partial charge in [0.2, 0.25) is 0 Å². The summed E-state index contributed by atoms with van der Waals surface area (Å²) in [5.74, 6) is 1.09. The Labute approximate surface area is 360 Å². The molecule has 0 unspecified atom stereocenters. The fourth-order valence-electron chi connectivity index (χ4n) is 7.06. The van der Waals surface area contributed by atoms with Crippen molar-refractivity contribution in [2.45, 2.75) is 82.2 Å². The largest absolute Gasteiger partial charge is 0.261 e. The highest BCUT2D eigenvalue weighted by Crippen LogP contribution is 2.37. The molecule has 0 radical (unpaired) electrons. The van der Waals surface area contributed by atoms with Crippen LogP contribution in [0.4, 0.5) is 0 Å². The number of nitrogens with zero attached hydrogens (tertiary/aromatic N) is 4. The molecule has 0 saturated carbocycles. The third kappa shape index (κ3) is 10.9. The maximum atomic E-state index is 5.14. The summed E-state index contributed by atoms with van der Waals surface area (Å²) in [5, 5.41) is 3.54. The molecule has 1 heterocycles. The molecule has 7 aromatic rings. The number of aromatic nitrogens is 1. The smallest absolute Gasteiger partial charge is 0.161 e. The predicted molar refractivity (Wildman–Crippen MR) is 267 cm³/mol. The number of hydrogen-bond donors (Lipinski definition) is 0. The first kappa shape index (κ1) is 46.2. The van der Waals surface area contributed by atoms with Gasteiger partial charge in [0, 0.05) is 28.3 Å². The van der Waals surface area contributed by atoms with Gasteiger partial charge in [-0.25, -0.2) is 9.98 Å². The Morgan fingerprint density at radius 3 is 1.93 bits per heavy atom. The molecule has 0 spiro atoms. The van der Waals surface area contributed by atoms with Gasteiger partial charge in [-0.05, 0) is 120 Å². The van der Waals surface area contributed by atoms with Crippen LogP contribution in [0.15, 0.2) is 161 Å². The molecule has 0 N–H and O–H groups in total. The van der Waals surface area contributed by atoms with E-state index in [9.17, 15) is 0 Å². The van der Waals surface area contributed by atoms with E-state index in [-0.39, 0.29) is 0 Å². The lowest BCUT2D eigenvalue weighted by Gasteiger charge is -2.17. The van der Waals surface area contributed by atoms with Gasteiger partial charge in [0.15, 0.2) is 11.7 Å². The van der Waals surface area contributed by atoms with Crippen molar-refractivity contribution in [3.8, 4) is 22.3 Å². The van der Waals surface area contributed by atoms with Crippen molar-refractivity contribution in [3.05, 3.63) is 185 Å². The summed E-state index contributed by atoms with van der Waals surface area (Å²) in [5.41, 5.74) is 13.1. The van der Waals surface area contributed by atoms with Crippen LogP contribution in [0, 0.1) is 13.8 Å². The van der Waals surface area contributed by atoms with E-state index in [2.05, 4.69) is 137 Å². The van der Waals surface area contributed by atoms with Crippen LogP contribution in [0.1, 0.15) is 101 Å². The maximum absolute atomic E-state index is 5.14. The Balaban J connectivity index is 0.00000127. The van der Waals surface area contributed by atoms with Gasteiger partial charge in [0.1, 0.15) is 0 Å². The van der Waals surface area contributed by atoms with Gasteiger partial charge in [-0.3, -0.25) is 9.98 Å². The van der Waals surface area contributed by atoms with Gasteiger partial charge >= 0.3 is 0 Å². The first-order valence-corrected chi connectivity index (χ1v) is 21.5. The highest BCUT2D eigenvalue weighted by atomic mass is 15.0. The Bertz CT molecular complexity index is 2590. The van der Waals surface area contributed by atoms with Gasteiger partial charge in [0.05, 0.1) is 12.1 Å². The lowest BCUT2D eigenvalue weighted by Crippen LogP contribution is -2.06. The quantitative estimate of drug-likeness (QED) is 0.106. The van der Waals surface area contributed by atoms with Crippen LogP contribution in [-0.2, 0) is 6.54 Å². The zero-order chi connectivity index (χ0) is 43.4. The molecule has 0 aliphatic carbocycles. The molecule has 7 rings (SSSR count). The molecule has 306 valence electrons. The number of fused-ring (bicyclic) bond motifs is 2. The average Bonchev–Trinajstić information content (AvgIpc) is 3.32. The van der Waals surface area contributed by atoms with Gasteiger partial charge < -0.3 is 0 Å². The zero-order valence-corrected chi connectivity index (χ0v) is 37.4. The fourth-order valence-corrected chi connectivity index (χ4v) is 7.06.